The van der Waals surface area contributed by atoms with E-state index in [1.807, 2.05) is 19.1 Å². The molecule has 1 N–H and O–H groups in total. The van der Waals surface area contributed by atoms with Gasteiger partial charge in [-0.15, -0.1) is 0 Å². The van der Waals surface area contributed by atoms with Gasteiger partial charge in [0.25, 0.3) is 0 Å². The summed E-state index contributed by atoms with van der Waals surface area (Å²) in [6, 6.07) is 3.68. The Bertz CT molecular complexity index is 976. The van der Waals surface area contributed by atoms with Gasteiger partial charge in [-0.1, -0.05) is 29.8 Å². The minimum atomic E-state index is -0.530. The smallest absolute Gasteiger partial charge is 0.336 e. The molecule has 6 nitrogen and oxygen atoms in total. The number of ketones is 1. The van der Waals surface area contributed by atoms with E-state index in [4.69, 9.17) is 14.2 Å². The van der Waals surface area contributed by atoms with E-state index in [-0.39, 0.29) is 24.6 Å². The molecule has 29 heavy (non-hydrogen) atoms. The Morgan fingerprint density at radius 2 is 1.97 bits per heavy atom. The van der Waals surface area contributed by atoms with Crippen LogP contribution in [-0.2, 0) is 14.3 Å². The van der Waals surface area contributed by atoms with Crippen molar-refractivity contribution >= 4 is 27.7 Å². The first-order valence-corrected chi connectivity index (χ1v) is 10.5. The maximum atomic E-state index is 13.3. The number of halogens is 1. The zero-order valence-electron chi connectivity index (χ0n) is 17.0. The molecule has 2 heterocycles. The first-order chi connectivity index (χ1) is 13.7. The molecule has 0 saturated carbocycles. The molecule has 1 atom stereocenters. The summed E-state index contributed by atoms with van der Waals surface area (Å²) in [5.41, 5.74) is 3.34. The molecule has 0 radical (unpaired) electrons. The van der Waals surface area contributed by atoms with Gasteiger partial charge >= 0.3 is 5.97 Å². The van der Waals surface area contributed by atoms with Crippen LogP contribution in [-0.4, -0.2) is 25.2 Å². The van der Waals surface area contributed by atoms with E-state index in [9.17, 15) is 9.59 Å². The van der Waals surface area contributed by atoms with Crippen LogP contribution in [0.5, 0.6) is 11.5 Å². The third kappa shape index (κ3) is 3.45. The number of rotatable bonds is 3. The molecular weight excluding hydrogens is 438 g/mol. The van der Waals surface area contributed by atoms with Gasteiger partial charge in [-0.05, 0) is 43.4 Å². The zero-order chi connectivity index (χ0) is 20.9. The molecule has 3 aliphatic rings. The highest BCUT2D eigenvalue weighted by atomic mass is 79.9. The van der Waals surface area contributed by atoms with Crippen LogP contribution in [0.2, 0.25) is 0 Å². The zero-order valence-corrected chi connectivity index (χ0v) is 18.6. The number of fused-ring (bicyclic) bond motifs is 1. The number of Topliss-reactive ketones (excluding diaryl/α,β-unsaturated/α-hetero) is 1. The van der Waals surface area contributed by atoms with Gasteiger partial charge in [-0.2, -0.15) is 0 Å². The van der Waals surface area contributed by atoms with E-state index in [1.165, 1.54) is 0 Å². The number of dihydropyridines is 1. The van der Waals surface area contributed by atoms with Crippen LogP contribution in [0.15, 0.2) is 39.1 Å². The Morgan fingerprint density at radius 3 is 2.66 bits per heavy atom. The number of esters is 1. The minimum Gasteiger partial charge on any atom is -0.463 e. The van der Waals surface area contributed by atoms with E-state index in [2.05, 4.69) is 35.1 Å². The molecule has 0 aromatic heterocycles. The fraction of sp³-hybridized carbons (Fsp3) is 0.455. The Morgan fingerprint density at radius 1 is 1.28 bits per heavy atom. The predicted molar refractivity (Wildman–Crippen MR) is 111 cm³/mol. The van der Waals surface area contributed by atoms with Gasteiger partial charge in [-0.25, -0.2) is 4.79 Å². The summed E-state index contributed by atoms with van der Waals surface area (Å²) in [6.07, 6.45) is 1.17. The molecule has 1 aromatic carbocycles. The van der Waals surface area contributed by atoms with Gasteiger partial charge in [0, 0.05) is 33.8 Å². The van der Waals surface area contributed by atoms with Gasteiger partial charge in [0.2, 0.25) is 6.79 Å². The largest absolute Gasteiger partial charge is 0.463 e. The Hall–Kier alpha value is -2.28. The van der Waals surface area contributed by atoms with Gasteiger partial charge in [0.05, 0.1) is 12.2 Å². The molecule has 154 valence electrons. The second-order valence-corrected chi connectivity index (χ2v) is 9.23. The van der Waals surface area contributed by atoms with Gasteiger partial charge in [-0.3, -0.25) is 4.79 Å². The summed E-state index contributed by atoms with van der Waals surface area (Å²) in [6.45, 7) is 8.21. The molecule has 0 bridgehead atoms. The van der Waals surface area contributed by atoms with Crippen LogP contribution in [0, 0.1) is 5.41 Å². The number of hydrogen-bond acceptors (Lipinski definition) is 6. The molecule has 1 aromatic rings. The second kappa shape index (κ2) is 7.20. The average Bonchev–Trinajstić information content (AvgIpc) is 3.05. The molecule has 1 unspecified atom stereocenters. The summed E-state index contributed by atoms with van der Waals surface area (Å²) >= 11 is 3.62. The topological polar surface area (TPSA) is 73.9 Å². The molecule has 0 saturated heterocycles. The monoisotopic (exact) mass is 461 g/mol. The van der Waals surface area contributed by atoms with Gasteiger partial charge in [0.15, 0.2) is 17.3 Å². The number of benzene rings is 1. The number of carbonyl (C=O) groups excluding carboxylic acids is 2. The Labute approximate surface area is 178 Å². The summed E-state index contributed by atoms with van der Waals surface area (Å²) in [7, 11) is 0. The number of nitrogens with one attached hydrogen (secondary N) is 1. The lowest BCUT2D eigenvalue weighted by molar-refractivity contribution is -0.138. The molecule has 0 spiro atoms. The summed E-state index contributed by atoms with van der Waals surface area (Å²) in [5, 5.41) is 3.33. The first-order valence-electron chi connectivity index (χ1n) is 9.72. The Balaban J connectivity index is 1.92. The van der Waals surface area contributed by atoms with Crippen LogP contribution < -0.4 is 14.8 Å². The van der Waals surface area contributed by atoms with Crippen molar-refractivity contribution in [2.24, 2.45) is 5.41 Å². The third-order valence-corrected chi connectivity index (χ3v) is 6.22. The van der Waals surface area contributed by atoms with E-state index in [0.29, 0.717) is 34.8 Å². The van der Waals surface area contributed by atoms with Crippen molar-refractivity contribution in [3.8, 4) is 11.5 Å². The lowest BCUT2D eigenvalue weighted by Gasteiger charge is -2.39. The predicted octanol–water partition coefficient (Wildman–Crippen LogP) is 4.34. The SMILES string of the molecule is CCOC(=O)C1=C(C)NC2=C(C(=O)CC(C)(C)C2)C1c1cc2c(cc1Br)OCO2. The van der Waals surface area contributed by atoms with Crippen LogP contribution in [0.1, 0.15) is 52.0 Å². The standard InChI is InChI=1S/C22H24BrNO5/c1-5-27-21(26)18-11(2)24-14-8-22(3,4)9-15(25)20(14)19(18)12-6-16-17(7-13(12)23)29-10-28-16/h6-7,19,24H,5,8-10H2,1-4H3. The molecule has 2 aliphatic heterocycles. The lowest BCUT2D eigenvalue weighted by Crippen LogP contribution is -2.38. The normalized spacial score (nSPS) is 22.4. The molecular formula is C22H24BrNO5. The van der Waals surface area contributed by atoms with E-state index in [1.54, 1.807) is 6.92 Å². The van der Waals surface area contributed by atoms with Crippen molar-refractivity contribution in [1.29, 1.82) is 0 Å². The van der Waals surface area contributed by atoms with Crippen LogP contribution in [0.3, 0.4) is 0 Å². The van der Waals surface area contributed by atoms with Crippen LogP contribution >= 0.6 is 15.9 Å². The minimum absolute atomic E-state index is 0.0487. The molecule has 0 fully saturated rings. The van der Waals surface area contributed by atoms with Crippen molar-refractivity contribution in [2.75, 3.05) is 13.4 Å². The average molecular weight is 462 g/mol. The quantitative estimate of drug-likeness (QED) is 0.674. The van der Waals surface area contributed by atoms with Crippen molar-refractivity contribution in [3.05, 3.63) is 44.7 Å². The summed E-state index contributed by atoms with van der Waals surface area (Å²) < 4.78 is 17.1. The van der Waals surface area contributed by atoms with Crippen molar-refractivity contribution in [3.63, 3.8) is 0 Å². The van der Waals surface area contributed by atoms with Crippen molar-refractivity contribution in [1.82, 2.24) is 5.32 Å². The van der Waals surface area contributed by atoms with E-state index < -0.39 is 11.9 Å². The van der Waals surface area contributed by atoms with E-state index in [0.717, 1.165) is 22.2 Å². The van der Waals surface area contributed by atoms with Crippen LogP contribution in [0.25, 0.3) is 0 Å². The van der Waals surface area contributed by atoms with Gasteiger partial charge < -0.3 is 19.5 Å². The molecule has 4 rings (SSSR count). The Kier molecular flexibility index (Phi) is 4.97. The van der Waals surface area contributed by atoms with Gasteiger partial charge in [0.1, 0.15) is 0 Å². The highest BCUT2D eigenvalue weighted by Gasteiger charge is 2.44. The maximum Gasteiger partial charge on any atom is 0.336 e. The van der Waals surface area contributed by atoms with Crippen LogP contribution in [0.4, 0.5) is 0 Å². The molecule has 1 aliphatic carbocycles. The number of hydrogen-bond donors (Lipinski definition) is 1. The highest BCUT2D eigenvalue weighted by molar-refractivity contribution is 9.10. The second-order valence-electron chi connectivity index (χ2n) is 8.38. The fourth-order valence-corrected chi connectivity index (χ4v) is 4.93. The maximum absolute atomic E-state index is 13.3. The lowest BCUT2D eigenvalue weighted by atomic mass is 9.68. The fourth-order valence-electron chi connectivity index (χ4n) is 4.38. The molecule has 7 heteroatoms. The summed E-state index contributed by atoms with van der Waals surface area (Å²) in [5.74, 6) is 0.341. The molecule has 0 amide bonds. The summed E-state index contributed by atoms with van der Waals surface area (Å²) in [4.78, 5) is 26.2. The first kappa shape index (κ1) is 20.0. The van der Waals surface area contributed by atoms with E-state index >= 15 is 0 Å². The van der Waals surface area contributed by atoms with Crippen molar-refractivity contribution < 1.29 is 23.8 Å². The highest BCUT2D eigenvalue weighted by Crippen LogP contribution is 2.50. The van der Waals surface area contributed by atoms with Crippen molar-refractivity contribution in [2.45, 2.75) is 46.5 Å². The number of ether oxygens (including phenoxy) is 3. The third-order valence-electron chi connectivity index (χ3n) is 5.54. The number of carbonyl (C=O) groups is 2. The number of allylic oxidation sites excluding steroid dienone is 3.